The maximum Gasteiger partial charge on any atom is 0.296 e. The topological polar surface area (TPSA) is 85.8 Å². The first-order valence-electron chi connectivity index (χ1n) is 9.32. The monoisotopic (exact) mass is 452 g/mol. The smallest absolute Gasteiger partial charge is 0.296 e. The van der Waals surface area contributed by atoms with Gasteiger partial charge in [-0.3, -0.25) is 19.8 Å². The van der Waals surface area contributed by atoms with Crippen molar-refractivity contribution >= 4 is 51.7 Å². The number of anilines is 1. The van der Waals surface area contributed by atoms with E-state index in [0.717, 1.165) is 11.8 Å². The van der Waals surface area contributed by atoms with Crippen LogP contribution in [0.1, 0.15) is 12.7 Å². The maximum absolute atomic E-state index is 12.6. The Balaban J connectivity index is 1.59. The third kappa shape index (κ3) is 4.23. The summed E-state index contributed by atoms with van der Waals surface area (Å²) < 4.78 is 11.2. The Morgan fingerprint density at radius 3 is 2.61 bits per heavy atom. The number of thioether (sulfide) groups is 1. The lowest BCUT2D eigenvalue weighted by molar-refractivity contribution is -0.384. The van der Waals surface area contributed by atoms with Gasteiger partial charge < -0.3 is 9.15 Å². The van der Waals surface area contributed by atoms with E-state index >= 15 is 0 Å². The van der Waals surface area contributed by atoms with E-state index < -0.39 is 4.92 Å². The summed E-state index contributed by atoms with van der Waals surface area (Å²) in [5.41, 5.74) is 0.985. The molecular weight excluding hydrogens is 436 g/mol. The number of nitrogens with zero attached hydrogens (tertiary/aromatic N) is 2. The van der Waals surface area contributed by atoms with Gasteiger partial charge in [-0.25, -0.2) is 0 Å². The van der Waals surface area contributed by atoms with Gasteiger partial charge in [0.1, 0.15) is 22.3 Å². The lowest BCUT2D eigenvalue weighted by atomic mass is 10.1. The Labute approximate surface area is 187 Å². The van der Waals surface area contributed by atoms with Crippen LogP contribution in [0.5, 0.6) is 5.75 Å². The predicted molar refractivity (Wildman–Crippen MR) is 124 cm³/mol. The molecule has 0 N–H and O–H groups in total. The highest BCUT2D eigenvalue weighted by Gasteiger charge is 2.33. The van der Waals surface area contributed by atoms with E-state index in [4.69, 9.17) is 21.4 Å². The summed E-state index contributed by atoms with van der Waals surface area (Å²) in [6.07, 6.45) is 1.66. The number of hydrogen-bond acceptors (Lipinski definition) is 7. The van der Waals surface area contributed by atoms with Gasteiger partial charge in [0, 0.05) is 6.07 Å². The van der Waals surface area contributed by atoms with Crippen molar-refractivity contribution in [3.8, 4) is 17.1 Å². The van der Waals surface area contributed by atoms with Crippen molar-refractivity contribution in [1.29, 1.82) is 0 Å². The van der Waals surface area contributed by atoms with Gasteiger partial charge in [-0.05, 0) is 67.2 Å². The zero-order valence-corrected chi connectivity index (χ0v) is 17.9. The van der Waals surface area contributed by atoms with Crippen LogP contribution in [-0.4, -0.2) is 21.8 Å². The SMILES string of the molecule is CCOc1ccc(N2C(=O)S/C(=C\c3ccc(-c4ccccc4[N+](=O)[O-])o3)C2=S)cc1. The molecule has 2 heterocycles. The number of amides is 1. The van der Waals surface area contributed by atoms with Crippen LogP contribution in [0, 0.1) is 10.1 Å². The van der Waals surface area contributed by atoms with Crippen LogP contribution in [-0.2, 0) is 0 Å². The second-order valence-corrected chi connectivity index (χ2v) is 7.80. The van der Waals surface area contributed by atoms with Gasteiger partial charge in [0.05, 0.1) is 27.7 Å². The quantitative estimate of drug-likeness (QED) is 0.188. The van der Waals surface area contributed by atoms with Crippen LogP contribution in [0.2, 0.25) is 0 Å². The molecule has 0 aliphatic carbocycles. The molecule has 0 spiro atoms. The van der Waals surface area contributed by atoms with E-state index in [1.807, 2.05) is 6.92 Å². The molecule has 0 unspecified atom stereocenters. The van der Waals surface area contributed by atoms with Crippen molar-refractivity contribution in [2.75, 3.05) is 11.5 Å². The van der Waals surface area contributed by atoms with Gasteiger partial charge in [0.25, 0.3) is 10.9 Å². The van der Waals surface area contributed by atoms with Crippen molar-refractivity contribution in [1.82, 2.24) is 0 Å². The Morgan fingerprint density at radius 2 is 1.90 bits per heavy atom. The lowest BCUT2D eigenvalue weighted by Crippen LogP contribution is -2.26. The summed E-state index contributed by atoms with van der Waals surface area (Å²) >= 11 is 6.52. The lowest BCUT2D eigenvalue weighted by Gasteiger charge is -2.15. The van der Waals surface area contributed by atoms with Crippen LogP contribution in [0.25, 0.3) is 17.4 Å². The summed E-state index contributed by atoms with van der Waals surface area (Å²) in [5.74, 6) is 1.52. The van der Waals surface area contributed by atoms with Crippen LogP contribution in [0.15, 0.2) is 70.0 Å². The molecule has 3 aromatic rings. The standard InChI is InChI=1S/C22H16N2O5S2/c1-2-28-15-9-7-14(8-10-15)23-21(30)20(31-22(23)25)13-16-11-12-19(29-16)17-5-3-4-6-18(17)24(26)27/h3-13H,2H2,1H3/b20-13-. The Morgan fingerprint density at radius 1 is 1.16 bits per heavy atom. The first kappa shape index (κ1) is 20.8. The first-order chi connectivity index (χ1) is 15.0. The molecule has 1 aliphatic heterocycles. The number of nitro benzene ring substituents is 1. The minimum atomic E-state index is -0.453. The zero-order chi connectivity index (χ0) is 22.0. The predicted octanol–water partition coefficient (Wildman–Crippen LogP) is 6.30. The number of benzene rings is 2. The molecule has 1 aliphatic rings. The van der Waals surface area contributed by atoms with E-state index in [1.165, 1.54) is 11.0 Å². The number of hydrogen-bond donors (Lipinski definition) is 0. The fourth-order valence-electron chi connectivity index (χ4n) is 3.09. The molecule has 2 aromatic carbocycles. The normalized spacial score (nSPS) is 15.0. The Hall–Kier alpha value is -3.43. The number of carbonyl (C=O) groups is 1. The molecule has 9 heteroatoms. The third-order valence-electron chi connectivity index (χ3n) is 4.47. The third-order valence-corrected chi connectivity index (χ3v) is 5.89. The van der Waals surface area contributed by atoms with Crippen molar-refractivity contribution in [2.45, 2.75) is 6.92 Å². The maximum atomic E-state index is 12.6. The number of thiocarbonyl (C=S) groups is 1. The fraction of sp³-hybridized carbons (Fsp3) is 0.0909. The van der Waals surface area contributed by atoms with E-state index in [1.54, 1.807) is 60.7 Å². The highest BCUT2D eigenvalue weighted by Crippen LogP contribution is 2.38. The van der Waals surface area contributed by atoms with Gasteiger partial charge in [-0.15, -0.1) is 0 Å². The first-order valence-corrected chi connectivity index (χ1v) is 10.5. The number of ether oxygens (including phenoxy) is 1. The average molecular weight is 453 g/mol. The van der Waals surface area contributed by atoms with Gasteiger partial charge in [0.15, 0.2) is 0 Å². The summed E-state index contributed by atoms with van der Waals surface area (Å²) in [5, 5.41) is 11.1. The van der Waals surface area contributed by atoms with E-state index in [-0.39, 0.29) is 10.9 Å². The minimum absolute atomic E-state index is 0.0429. The van der Waals surface area contributed by atoms with Crippen LogP contribution in [0.4, 0.5) is 16.2 Å². The molecule has 7 nitrogen and oxygen atoms in total. The van der Waals surface area contributed by atoms with Gasteiger partial charge in [-0.2, -0.15) is 0 Å². The van der Waals surface area contributed by atoms with E-state index in [2.05, 4.69) is 0 Å². The number of nitro groups is 1. The Kier molecular flexibility index (Phi) is 5.88. The largest absolute Gasteiger partial charge is 0.494 e. The minimum Gasteiger partial charge on any atom is -0.494 e. The second kappa shape index (κ2) is 8.75. The van der Waals surface area contributed by atoms with Gasteiger partial charge >= 0.3 is 0 Å². The molecule has 4 rings (SSSR count). The van der Waals surface area contributed by atoms with Crippen LogP contribution in [0.3, 0.4) is 0 Å². The van der Waals surface area contributed by atoms with E-state index in [9.17, 15) is 14.9 Å². The molecule has 1 aromatic heterocycles. The number of para-hydroxylation sites is 1. The second-order valence-electron chi connectivity index (χ2n) is 6.42. The zero-order valence-electron chi connectivity index (χ0n) is 16.3. The summed E-state index contributed by atoms with van der Waals surface area (Å²) in [6, 6.07) is 16.8. The van der Waals surface area contributed by atoms with Crippen LogP contribution < -0.4 is 9.64 Å². The molecular formula is C22H16N2O5S2. The van der Waals surface area contributed by atoms with Crippen LogP contribution >= 0.6 is 24.0 Å². The Bertz CT molecular complexity index is 1200. The molecule has 1 amide bonds. The number of carbonyl (C=O) groups excluding carboxylic acids is 1. The molecule has 0 bridgehead atoms. The molecule has 1 fully saturated rings. The highest BCUT2D eigenvalue weighted by atomic mass is 32.2. The molecule has 31 heavy (non-hydrogen) atoms. The average Bonchev–Trinajstić information content (AvgIpc) is 3.33. The molecule has 156 valence electrons. The van der Waals surface area contributed by atoms with Crippen molar-refractivity contribution < 1.29 is 18.9 Å². The fourth-order valence-corrected chi connectivity index (χ4v) is 4.35. The number of furan rings is 1. The summed E-state index contributed by atoms with van der Waals surface area (Å²) in [7, 11) is 0. The molecule has 0 radical (unpaired) electrons. The van der Waals surface area contributed by atoms with Crippen molar-refractivity contribution in [2.24, 2.45) is 0 Å². The van der Waals surface area contributed by atoms with Gasteiger partial charge in [-0.1, -0.05) is 24.4 Å². The molecule has 1 saturated heterocycles. The summed E-state index contributed by atoms with van der Waals surface area (Å²) in [4.78, 5) is 25.8. The molecule has 0 atom stereocenters. The van der Waals surface area contributed by atoms with Crippen molar-refractivity contribution in [3.63, 3.8) is 0 Å². The van der Waals surface area contributed by atoms with Gasteiger partial charge in [0.2, 0.25) is 0 Å². The number of rotatable bonds is 6. The van der Waals surface area contributed by atoms with E-state index in [0.29, 0.717) is 45.0 Å². The summed E-state index contributed by atoms with van der Waals surface area (Å²) in [6.45, 7) is 2.46. The molecule has 0 saturated carbocycles. The van der Waals surface area contributed by atoms with Crippen molar-refractivity contribution in [3.05, 3.63) is 81.4 Å². The highest BCUT2D eigenvalue weighted by molar-refractivity contribution is 8.20.